The maximum atomic E-state index is 12.1. The van der Waals surface area contributed by atoms with Gasteiger partial charge in [-0.3, -0.25) is 4.79 Å². The summed E-state index contributed by atoms with van der Waals surface area (Å²) in [6.07, 6.45) is 7.37. The van der Waals surface area contributed by atoms with Gasteiger partial charge in [-0.15, -0.1) is 0 Å². The molecular formula is C17H25NO. The van der Waals surface area contributed by atoms with Crippen LogP contribution in [0, 0.1) is 0 Å². The summed E-state index contributed by atoms with van der Waals surface area (Å²) in [4.78, 5) is 14.6. The minimum atomic E-state index is 0.273. The molecule has 0 N–H and O–H groups in total. The van der Waals surface area contributed by atoms with E-state index in [4.69, 9.17) is 0 Å². The molecule has 0 radical (unpaired) electrons. The molecule has 1 saturated carbocycles. The predicted octanol–water partition coefficient (Wildman–Crippen LogP) is 3.91. The third-order valence-corrected chi connectivity index (χ3v) is 4.22. The minimum absolute atomic E-state index is 0.273. The summed E-state index contributed by atoms with van der Waals surface area (Å²) in [6.45, 7) is 4.18. The standard InChI is InChI=1S/C17H25NO/c1-2-18(16-11-7-4-8-12-16)14-13-17(19)15-9-5-3-6-10-15/h3,5-6,9-10,16H,2,4,7-8,11-14H2,1H3. The van der Waals surface area contributed by atoms with Crippen LogP contribution >= 0.6 is 0 Å². The molecule has 1 aromatic rings. The average Bonchev–Trinajstić information content (AvgIpc) is 2.49. The number of nitrogens with zero attached hydrogens (tertiary/aromatic N) is 1. The van der Waals surface area contributed by atoms with Gasteiger partial charge in [0, 0.05) is 24.6 Å². The van der Waals surface area contributed by atoms with Crippen molar-refractivity contribution in [1.29, 1.82) is 0 Å². The first kappa shape index (κ1) is 14.3. The monoisotopic (exact) mass is 259 g/mol. The summed E-state index contributed by atoms with van der Waals surface area (Å²) in [5.74, 6) is 0.273. The Labute approximate surface area is 116 Å². The Morgan fingerprint density at radius 1 is 1.16 bits per heavy atom. The molecule has 0 spiro atoms. The van der Waals surface area contributed by atoms with E-state index < -0.39 is 0 Å². The van der Waals surface area contributed by atoms with Crippen LogP contribution < -0.4 is 0 Å². The first-order valence-electron chi connectivity index (χ1n) is 7.63. The molecule has 0 atom stereocenters. The van der Waals surface area contributed by atoms with Crippen LogP contribution in [0.5, 0.6) is 0 Å². The number of carbonyl (C=O) groups is 1. The van der Waals surface area contributed by atoms with E-state index in [1.54, 1.807) is 0 Å². The molecule has 1 fully saturated rings. The SMILES string of the molecule is CCN(CCC(=O)c1ccccc1)C1CCCCC1. The molecule has 0 aromatic heterocycles. The number of hydrogen-bond donors (Lipinski definition) is 0. The first-order valence-corrected chi connectivity index (χ1v) is 7.63. The van der Waals surface area contributed by atoms with Crippen LogP contribution in [-0.2, 0) is 0 Å². The highest BCUT2D eigenvalue weighted by Gasteiger charge is 2.20. The van der Waals surface area contributed by atoms with Crippen molar-refractivity contribution in [3.05, 3.63) is 35.9 Å². The van der Waals surface area contributed by atoms with Crippen molar-refractivity contribution in [2.24, 2.45) is 0 Å². The molecule has 0 unspecified atom stereocenters. The summed E-state index contributed by atoms with van der Waals surface area (Å²) in [5, 5.41) is 0. The van der Waals surface area contributed by atoms with E-state index in [9.17, 15) is 4.79 Å². The highest BCUT2D eigenvalue weighted by molar-refractivity contribution is 5.96. The van der Waals surface area contributed by atoms with Crippen molar-refractivity contribution in [3.63, 3.8) is 0 Å². The van der Waals surface area contributed by atoms with Crippen LogP contribution in [0.2, 0.25) is 0 Å². The smallest absolute Gasteiger partial charge is 0.164 e. The second kappa shape index (κ2) is 7.44. The molecule has 2 rings (SSSR count). The topological polar surface area (TPSA) is 20.3 Å². The van der Waals surface area contributed by atoms with Crippen LogP contribution in [-0.4, -0.2) is 29.8 Å². The Kier molecular flexibility index (Phi) is 5.59. The molecule has 104 valence electrons. The van der Waals surface area contributed by atoms with Gasteiger partial charge in [0.1, 0.15) is 0 Å². The van der Waals surface area contributed by atoms with Crippen LogP contribution in [0.3, 0.4) is 0 Å². The lowest BCUT2D eigenvalue weighted by atomic mass is 9.94. The molecule has 2 heteroatoms. The van der Waals surface area contributed by atoms with Crippen LogP contribution in [0.15, 0.2) is 30.3 Å². The van der Waals surface area contributed by atoms with Gasteiger partial charge in [0.05, 0.1) is 0 Å². The molecule has 19 heavy (non-hydrogen) atoms. The number of rotatable bonds is 6. The van der Waals surface area contributed by atoms with Gasteiger partial charge in [0.2, 0.25) is 0 Å². The molecule has 0 heterocycles. The zero-order valence-corrected chi connectivity index (χ0v) is 12.0. The number of ketones is 1. The lowest BCUT2D eigenvalue weighted by Crippen LogP contribution is -2.38. The van der Waals surface area contributed by atoms with E-state index in [1.807, 2.05) is 30.3 Å². The van der Waals surface area contributed by atoms with Crippen LogP contribution in [0.1, 0.15) is 55.8 Å². The molecule has 0 saturated heterocycles. The highest BCUT2D eigenvalue weighted by Crippen LogP contribution is 2.22. The molecule has 2 nitrogen and oxygen atoms in total. The van der Waals surface area contributed by atoms with Gasteiger partial charge < -0.3 is 4.90 Å². The summed E-state index contributed by atoms with van der Waals surface area (Å²) >= 11 is 0. The highest BCUT2D eigenvalue weighted by atomic mass is 16.1. The number of hydrogen-bond acceptors (Lipinski definition) is 2. The fourth-order valence-electron chi connectivity index (χ4n) is 3.06. The summed E-state index contributed by atoms with van der Waals surface area (Å²) in [7, 11) is 0. The Bertz CT molecular complexity index is 382. The molecule has 1 aromatic carbocycles. The summed E-state index contributed by atoms with van der Waals surface area (Å²) in [5.41, 5.74) is 0.849. The largest absolute Gasteiger partial charge is 0.300 e. The van der Waals surface area contributed by atoms with Gasteiger partial charge in [-0.2, -0.15) is 0 Å². The Balaban J connectivity index is 1.84. The Hall–Kier alpha value is -1.15. The molecule has 1 aliphatic carbocycles. The van der Waals surface area contributed by atoms with Crippen molar-refractivity contribution in [2.75, 3.05) is 13.1 Å². The molecule has 0 bridgehead atoms. The van der Waals surface area contributed by atoms with Gasteiger partial charge in [0.25, 0.3) is 0 Å². The Morgan fingerprint density at radius 3 is 2.47 bits per heavy atom. The van der Waals surface area contributed by atoms with Crippen LogP contribution in [0.25, 0.3) is 0 Å². The Morgan fingerprint density at radius 2 is 1.84 bits per heavy atom. The third-order valence-electron chi connectivity index (χ3n) is 4.22. The van der Waals surface area contributed by atoms with E-state index in [2.05, 4.69) is 11.8 Å². The average molecular weight is 259 g/mol. The van der Waals surface area contributed by atoms with Crippen molar-refractivity contribution in [1.82, 2.24) is 4.90 Å². The van der Waals surface area contributed by atoms with Gasteiger partial charge in [-0.1, -0.05) is 56.5 Å². The minimum Gasteiger partial charge on any atom is -0.300 e. The second-order valence-electron chi connectivity index (χ2n) is 5.46. The third kappa shape index (κ3) is 4.17. The maximum Gasteiger partial charge on any atom is 0.164 e. The van der Waals surface area contributed by atoms with E-state index >= 15 is 0 Å². The lowest BCUT2D eigenvalue weighted by Gasteiger charge is -2.33. The van der Waals surface area contributed by atoms with Crippen molar-refractivity contribution in [2.45, 2.75) is 51.5 Å². The molecule has 1 aliphatic rings. The maximum absolute atomic E-state index is 12.1. The van der Waals surface area contributed by atoms with Gasteiger partial charge in [-0.25, -0.2) is 0 Å². The summed E-state index contributed by atoms with van der Waals surface area (Å²) in [6, 6.07) is 10.4. The molecule has 0 aliphatic heterocycles. The number of carbonyl (C=O) groups excluding carboxylic acids is 1. The second-order valence-corrected chi connectivity index (χ2v) is 5.46. The molecule has 0 amide bonds. The van der Waals surface area contributed by atoms with Crippen molar-refractivity contribution >= 4 is 5.78 Å². The van der Waals surface area contributed by atoms with Gasteiger partial charge in [0.15, 0.2) is 5.78 Å². The van der Waals surface area contributed by atoms with E-state index in [0.717, 1.165) is 18.7 Å². The van der Waals surface area contributed by atoms with E-state index in [-0.39, 0.29) is 5.78 Å². The summed E-state index contributed by atoms with van der Waals surface area (Å²) < 4.78 is 0. The first-order chi connectivity index (χ1) is 9.31. The lowest BCUT2D eigenvalue weighted by molar-refractivity contribution is 0.0939. The fraction of sp³-hybridized carbons (Fsp3) is 0.588. The van der Waals surface area contributed by atoms with E-state index in [0.29, 0.717) is 12.5 Å². The van der Waals surface area contributed by atoms with Gasteiger partial charge >= 0.3 is 0 Å². The zero-order chi connectivity index (χ0) is 13.5. The van der Waals surface area contributed by atoms with E-state index in [1.165, 1.54) is 32.1 Å². The van der Waals surface area contributed by atoms with Gasteiger partial charge in [-0.05, 0) is 19.4 Å². The normalized spacial score (nSPS) is 16.7. The van der Waals surface area contributed by atoms with Crippen LogP contribution in [0.4, 0.5) is 0 Å². The zero-order valence-electron chi connectivity index (χ0n) is 12.0. The van der Waals surface area contributed by atoms with Crippen molar-refractivity contribution < 1.29 is 4.79 Å². The quantitative estimate of drug-likeness (QED) is 0.722. The number of benzene rings is 1. The number of Topliss-reactive ketones (excluding diaryl/α,β-unsaturated/α-hetero) is 1. The fourth-order valence-corrected chi connectivity index (χ4v) is 3.06. The molecular weight excluding hydrogens is 234 g/mol. The van der Waals surface area contributed by atoms with Crippen molar-refractivity contribution in [3.8, 4) is 0 Å². The predicted molar refractivity (Wildman–Crippen MR) is 79.5 cm³/mol.